The van der Waals surface area contributed by atoms with E-state index in [4.69, 9.17) is 4.18 Å². The summed E-state index contributed by atoms with van der Waals surface area (Å²) >= 11 is 0. The van der Waals surface area contributed by atoms with E-state index in [1.54, 1.807) is 0 Å². The lowest BCUT2D eigenvalue weighted by Gasteiger charge is -2.64. The van der Waals surface area contributed by atoms with Crippen molar-refractivity contribution < 1.29 is 22.8 Å². The molecule has 5 rings (SSSR count). The van der Waals surface area contributed by atoms with Crippen LogP contribution in [0.1, 0.15) is 26.2 Å². The standard InChI is InChI=1S/C11H16O5S/c1-6-8-10-3-9(6,5-12)2-7(10)11(13,4-10)17(14,15)16-8/h6-8,12-13H,2-5H2,1H3. The second-order valence-electron chi connectivity index (χ2n) is 6.47. The Hall–Kier alpha value is -0.170. The van der Waals surface area contributed by atoms with Crippen LogP contribution < -0.4 is 0 Å². The van der Waals surface area contributed by atoms with Crippen molar-refractivity contribution in [2.75, 3.05) is 6.61 Å². The van der Waals surface area contributed by atoms with Gasteiger partial charge in [0.25, 0.3) is 10.1 Å². The van der Waals surface area contributed by atoms with Gasteiger partial charge in [-0.2, -0.15) is 8.42 Å². The molecule has 2 N–H and O–H groups in total. The fraction of sp³-hybridized carbons (Fsp3) is 1.00. The van der Waals surface area contributed by atoms with E-state index in [9.17, 15) is 18.6 Å². The van der Waals surface area contributed by atoms with Gasteiger partial charge in [-0.1, -0.05) is 6.92 Å². The average molecular weight is 260 g/mol. The van der Waals surface area contributed by atoms with Crippen LogP contribution in [-0.4, -0.2) is 36.3 Å². The van der Waals surface area contributed by atoms with Crippen molar-refractivity contribution in [3.63, 3.8) is 0 Å². The average Bonchev–Trinajstić information content (AvgIpc) is 2.66. The van der Waals surface area contributed by atoms with Crippen LogP contribution in [-0.2, 0) is 14.3 Å². The van der Waals surface area contributed by atoms with Gasteiger partial charge in [0, 0.05) is 24.4 Å². The Bertz CT molecular complexity index is 512. The second kappa shape index (κ2) is 2.43. The topological polar surface area (TPSA) is 83.8 Å². The molecule has 0 amide bonds. The highest BCUT2D eigenvalue weighted by Crippen LogP contribution is 2.81. The predicted octanol–water partition coefficient (Wildman–Crippen LogP) is -0.168. The summed E-state index contributed by atoms with van der Waals surface area (Å²) < 4.78 is 29.0. The Morgan fingerprint density at radius 2 is 2.12 bits per heavy atom. The van der Waals surface area contributed by atoms with Crippen molar-refractivity contribution in [2.24, 2.45) is 22.7 Å². The molecule has 3 bridgehead atoms. The van der Waals surface area contributed by atoms with Gasteiger partial charge in [0.2, 0.25) is 0 Å². The maximum Gasteiger partial charge on any atom is 0.298 e. The predicted molar refractivity (Wildman–Crippen MR) is 57.2 cm³/mol. The lowest BCUT2D eigenvalue weighted by atomic mass is 9.54. The van der Waals surface area contributed by atoms with E-state index in [1.807, 2.05) is 6.92 Å². The van der Waals surface area contributed by atoms with Gasteiger partial charge in [-0.3, -0.25) is 4.18 Å². The van der Waals surface area contributed by atoms with Crippen LogP contribution >= 0.6 is 0 Å². The summed E-state index contributed by atoms with van der Waals surface area (Å²) in [6.07, 6.45) is 1.36. The first-order chi connectivity index (χ1) is 7.81. The Morgan fingerprint density at radius 1 is 1.41 bits per heavy atom. The van der Waals surface area contributed by atoms with Gasteiger partial charge >= 0.3 is 0 Å². The molecule has 2 saturated heterocycles. The molecule has 2 heterocycles. The third kappa shape index (κ3) is 0.792. The van der Waals surface area contributed by atoms with E-state index >= 15 is 0 Å². The van der Waals surface area contributed by atoms with Gasteiger partial charge in [-0.05, 0) is 24.2 Å². The van der Waals surface area contributed by atoms with Crippen LogP contribution in [0.5, 0.6) is 0 Å². The molecule has 0 aromatic rings. The first-order valence-corrected chi connectivity index (χ1v) is 7.48. The van der Waals surface area contributed by atoms with Gasteiger partial charge < -0.3 is 10.2 Å². The second-order valence-corrected chi connectivity index (χ2v) is 8.28. The smallest absolute Gasteiger partial charge is 0.298 e. The first-order valence-electron chi connectivity index (χ1n) is 6.07. The minimum Gasteiger partial charge on any atom is -0.396 e. The highest BCUT2D eigenvalue weighted by atomic mass is 32.2. The molecule has 2 aliphatic heterocycles. The van der Waals surface area contributed by atoms with E-state index in [1.165, 1.54) is 0 Å². The molecule has 3 aliphatic carbocycles. The highest BCUT2D eigenvalue weighted by Gasteiger charge is 2.86. The zero-order chi connectivity index (χ0) is 12.3. The molecular formula is C11H16O5S. The van der Waals surface area contributed by atoms with E-state index in [2.05, 4.69) is 0 Å². The van der Waals surface area contributed by atoms with Crippen molar-refractivity contribution in [2.45, 2.75) is 37.2 Å². The summed E-state index contributed by atoms with van der Waals surface area (Å²) in [6, 6.07) is 0. The van der Waals surface area contributed by atoms with Gasteiger partial charge in [-0.15, -0.1) is 0 Å². The van der Waals surface area contributed by atoms with Crippen molar-refractivity contribution in [1.82, 2.24) is 0 Å². The van der Waals surface area contributed by atoms with E-state index in [-0.39, 0.29) is 35.4 Å². The third-order valence-electron chi connectivity index (χ3n) is 6.08. The molecule has 5 aliphatic rings. The first kappa shape index (κ1) is 10.7. The van der Waals surface area contributed by atoms with Gasteiger partial charge in [0.05, 0.1) is 6.10 Å². The summed E-state index contributed by atoms with van der Waals surface area (Å²) in [5, 5.41) is 19.9. The zero-order valence-electron chi connectivity index (χ0n) is 9.59. The molecule has 5 nitrogen and oxygen atoms in total. The van der Waals surface area contributed by atoms with Crippen LogP contribution in [0, 0.1) is 22.7 Å². The molecular weight excluding hydrogens is 244 g/mol. The van der Waals surface area contributed by atoms with Crippen LogP contribution in [0.3, 0.4) is 0 Å². The van der Waals surface area contributed by atoms with Crippen LogP contribution in [0.25, 0.3) is 0 Å². The van der Waals surface area contributed by atoms with E-state index in [0.29, 0.717) is 12.8 Å². The van der Waals surface area contributed by atoms with E-state index < -0.39 is 15.1 Å². The lowest BCUT2D eigenvalue weighted by molar-refractivity contribution is -0.214. The summed E-state index contributed by atoms with van der Waals surface area (Å²) in [5.74, 6) is -0.189. The number of hydrogen-bond acceptors (Lipinski definition) is 5. The fourth-order valence-corrected chi connectivity index (χ4v) is 7.12. The molecule has 96 valence electrons. The minimum atomic E-state index is -3.86. The summed E-state index contributed by atoms with van der Waals surface area (Å²) in [4.78, 5) is -1.68. The van der Waals surface area contributed by atoms with Crippen LogP contribution in [0.2, 0.25) is 0 Å². The Kier molecular flexibility index (Phi) is 1.53. The molecule has 17 heavy (non-hydrogen) atoms. The van der Waals surface area contributed by atoms with Crippen molar-refractivity contribution in [3.05, 3.63) is 0 Å². The summed E-state index contributed by atoms with van der Waals surface area (Å²) in [7, 11) is -3.86. The number of aliphatic hydroxyl groups is 2. The quantitative estimate of drug-likeness (QED) is 0.640. The maximum atomic E-state index is 11.9. The third-order valence-corrected chi connectivity index (χ3v) is 7.83. The molecule has 3 saturated carbocycles. The molecule has 1 spiro atoms. The number of hydrogen-bond donors (Lipinski definition) is 2. The molecule has 6 atom stereocenters. The van der Waals surface area contributed by atoms with Crippen LogP contribution in [0.4, 0.5) is 0 Å². The Balaban J connectivity index is 1.90. The molecule has 6 heteroatoms. The van der Waals surface area contributed by atoms with E-state index in [0.717, 1.165) is 6.42 Å². The highest BCUT2D eigenvalue weighted by molar-refractivity contribution is 7.88. The molecule has 0 aromatic heterocycles. The van der Waals surface area contributed by atoms with Gasteiger partial charge in [-0.25, -0.2) is 0 Å². The van der Waals surface area contributed by atoms with Crippen molar-refractivity contribution in [3.8, 4) is 0 Å². The monoisotopic (exact) mass is 260 g/mol. The maximum absolute atomic E-state index is 11.9. The SMILES string of the molecule is CC1C2OS(=O)(=O)C3(O)CC24CC1(CO)CC43. The fourth-order valence-electron chi connectivity index (χ4n) is 5.21. The summed E-state index contributed by atoms with van der Waals surface area (Å²) in [6.45, 7) is 2.02. The Morgan fingerprint density at radius 3 is 2.76 bits per heavy atom. The number of rotatable bonds is 1. The van der Waals surface area contributed by atoms with Crippen molar-refractivity contribution >= 4 is 10.1 Å². The molecule has 0 aromatic carbocycles. The minimum absolute atomic E-state index is 0.0448. The number of aliphatic hydroxyl groups excluding tert-OH is 1. The molecule has 0 radical (unpaired) electrons. The lowest BCUT2D eigenvalue weighted by Crippen LogP contribution is -2.73. The largest absolute Gasteiger partial charge is 0.396 e. The van der Waals surface area contributed by atoms with Crippen LogP contribution in [0.15, 0.2) is 0 Å². The summed E-state index contributed by atoms with van der Waals surface area (Å²) in [5.41, 5.74) is -0.433. The van der Waals surface area contributed by atoms with Gasteiger partial charge in [0.15, 0.2) is 4.93 Å². The number of fused-ring (bicyclic) bond motifs is 2. The molecule has 5 fully saturated rings. The van der Waals surface area contributed by atoms with Crippen molar-refractivity contribution in [1.29, 1.82) is 0 Å². The molecule has 6 unspecified atom stereocenters. The normalized spacial score (nSPS) is 65.7. The van der Waals surface area contributed by atoms with Gasteiger partial charge in [0.1, 0.15) is 0 Å². The zero-order valence-corrected chi connectivity index (χ0v) is 10.4. The Labute approximate surface area is 99.9 Å².